The molecule has 0 unspecified atom stereocenters. The Morgan fingerprint density at radius 3 is 2.33 bits per heavy atom. The van der Waals surface area contributed by atoms with Crippen molar-refractivity contribution in [3.8, 4) is 5.75 Å². The fourth-order valence-corrected chi connectivity index (χ4v) is 2.08. The van der Waals surface area contributed by atoms with Crippen LogP contribution in [0.1, 0.15) is 5.56 Å². The van der Waals surface area contributed by atoms with Crippen molar-refractivity contribution in [2.75, 3.05) is 33.2 Å². The molecule has 1 aromatic carbocycles. The third-order valence-corrected chi connectivity index (χ3v) is 3.27. The van der Waals surface area contributed by atoms with E-state index in [1.165, 1.54) is 0 Å². The van der Waals surface area contributed by atoms with E-state index in [4.69, 9.17) is 11.6 Å². The summed E-state index contributed by atoms with van der Waals surface area (Å²) in [5.74, 6) is 0.298. The molecule has 2 rings (SSSR count). The van der Waals surface area contributed by atoms with Gasteiger partial charge in [0.2, 0.25) is 0 Å². The van der Waals surface area contributed by atoms with Crippen molar-refractivity contribution in [1.29, 1.82) is 0 Å². The van der Waals surface area contributed by atoms with Gasteiger partial charge in [-0.3, -0.25) is 4.90 Å². The Kier molecular flexibility index (Phi) is 7.99. The predicted molar refractivity (Wildman–Crippen MR) is 80.4 cm³/mol. The van der Waals surface area contributed by atoms with Crippen LogP contribution in [-0.4, -0.2) is 48.1 Å². The van der Waals surface area contributed by atoms with Gasteiger partial charge in [-0.25, -0.2) is 0 Å². The summed E-state index contributed by atoms with van der Waals surface area (Å²) in [6.45, 7) is 5.09. The van der Waals surface area contributed by atoms with Gasteiger partial charge in [-0.1, -0.05) is 17.7 Å². The smallest absolute Gasteiger partial charge is 0.121 e. The number of phenols is 1. The summed E-state index contributed by atoms with van der Waals surface area (Å²) >= 11 is 5.80. The Labute approximate surface area is 126 Å². The lowest BCUT2D eigenvalue weighted by molar-refractivity contribution is 0.147. The lowest BCUT2D eigenvalue weighted by Crippen LogP contribution is -2.43. The van der Waals surface area contributed by atoms with E-state index in [0.717, 1.165) is 38.3 Å². The number of aromatic hydroxyl groups is 1. The molecule has 104 valence electrons. The Morgan fingerprint density at radius 2 is 1.78 bits per heavy atom. The van der Waals surface area contributed by atoms with Crippen LogP contribution in [0.3, 0.4) is 0 Å². The number of likely N-dealkylation sites (N-methyl/N-ethyl adjacent to an activating group) is 1. The zero-order valence-corrected chi connectivity index (χ0v) is 12.7. The third-order valence-electron chi connectivity index (χ3n) is 3.04. The van der Waals surface area contributed by atoms with Crippen LogP contribution >= 0.6 is 36.4 Å². The maximum absolute atomic E-state index is 9.75. The molecular weight excluding hydrogens is 295 g/mol. The van der Waals surface area contributed by atoms with Crippen LogP contribution < -0.4 is 0 Å². The van der Waals surface area contributed by atoms with E-state index < -0.39 is 0 Å². The van der Waals surface area contributed by atoms with Gasteiger partial charge >= 0.3 is 0 Å². The minimum atomic E-state index is 0. The normalized spacial score (nSPS) is 16.8. The maximum Gasteiger partial charge on any atom is 0.121 e. The number of benzene rings is 1. The zero-order chi connectivity index (χ0) is 11.5. The average molecular weight is 314 g/mol. The van der Waals surface area contributed by atoms with Crippen LogP contribution in [0, 0.1) is 0 Å². The van der Waals surface area contributed by atoms with Gasteiger partial charge in [0.15, 0.2) is 0 Å². The molecule has 1 aliphatic rings. The Morgan fingerprint density at radius 1 is 1.17 bits per heavy atom. The summed E-state index contributed by atoms with van der Waals surface area (Å²) in [5, 5.41) is 10.3. The van der Waals surface area contributed by atoms with E-state index in [-0.39, 0.29) is 24.8 Å². The van der Waals surface area contributed by atoms with E-state index in [1.54, 1.807) is 6.07 Å². The topological polar surface area (TPSA) is 26.7 Å². The van der Waals surface area contributed by atoms with Gasteiger partial charge in [-0.2, -0.15) is 0 Å². The molecule has 0 atom stereocenters. The zero-order valence-electron chi connectivity index (χ0n) is 10.3. The first-order chi connectivity index (χ1) is 7.65. The molecular formula is C12H19Cl3N2O. The number of nitrogens with zero attached hydrogens (tertiary/aromatic N) is 2. The predicted octanol–water partition coefficient (Wildman–Crippen LogP) is 2.64. The van der Waals surface area contributed by atoms with Gasteiger partial charge in [0.05, 0.1) is 0 Å². The van der Waals surface area contributed by atoms with Crippen molar-refractivity contribution in [2.45, 2.75) is 6.54 Å². The molecule has 1 heterocycles. The van der Waals surface area contributed by atoms with Crippen LogP contribution in [0.2, 0.25) is 5.02 Å². The molecule has 1 aromatic rings. The fraction of sp³-hybridized carbons (Fsp3) is 0.500. The highest BCUT2D eigenvalue weighted by Crippen LogP contribution is 2.23. The standard InChI is InChI=1S/C12H17ClN2O.2ClH/c1-14-4-6-15(7-5-14)9-10-2-3-11(13)8-12(10)16;;/h2-3,8,16H,4-7,9H2,1H3;2*1H. The number of piperazine rings is 1. The van der Waals surface area contributed by atoms with Crippen LogP contribution in [0.5, 0.6) is 5.75 Å². The van der Waals surface area contributed by atoms with Crippen molar-refractivity contribution in [3.63, 3.8) is 0 Å². The molecule has 3 nitrogen and oxygen atoms in total. The summed E-state index contributed by atoms with van der Waals surface area (Å²) in [6.07, 6.45) is 0. The molecule has 1 aliphatic heterocycles. The summed E-state index contributed by atoms with van der Waals surface area (Å²) in [6, 6.07) is 5.33. The van der Waals surface area contributed by atoms with Crippen LogP contribution in [-0.2, 0) is 6.54 Å². The number of hydrogen-bond donors (Lipinski definition) is 1. The van der Waals surface area contributed by atoms with E-state index >= 15 is 0 Å². The minimum absolute atomic E-state index is 0. The van der Waals surface area contributed by atoms with Crippen molar-refractivity contribution >= 4 is 36.4 Å². The van der Waals surface area contributed by atoms with E-state index in [9.17, 15) is 5.11 Å². The number of rotatable bonds is 2. The molecule has 1 saturated heterocycles. The summed E-state index contributed by atoms with van der Waals surface area (Å²) in [5.41, 5.74) is 0.953. The molecule has 0 bridgehead atoms. The number of halogens is 3. The molecule has 18 heavy (non-hydrogen) atoms. The SMILES string of the molecule is CN1CCN(Cc2ccc(Cl)cc2O)CC1.Cl.Cl. The second-order valence-corrected chi connectivity index (χ2v) is 4.79. The highest BCUT2D eigenvalue weighted by molar-refractivity contribution is 6.30. The number of phenolic OH excluding ortho intramolecular Hbond substituents is 1. The molecule has 0 radical (unpaired) electrons. The van der Waals surface area contributed by atoms with E-state index in [2.05, 4.69) is 16.8 Å². The molecule has 0 amide bonds. The second kappa shape index (κ2) is 8.08. The number of hydrogen-bond acceptors (Lipinski definition) is 3. The van der Waals surface area contributed by atoms with E-state index in [0.29, 0.717) is 10.8 Å². The maximum atomic E-state index is 9.75. The molecule has 0 saturated carbocycles. The third kappa shape index (κ3) is 4.82. The van der Waals surface area contributed by atoms with Crippen LogP contribution in [0.4, 0.5) is 0 Å². The fourth-order valence-electron chi connectivity index (χ4n) is 1.92. The van der Waals surface area contributed by atoms with Gasteiger partial charge in [-0.15, -0.1) is 24.8 Å². The first-order valence-corrected chi connectivity index (χ1v) is 5.91. The lowest BCUT2D eigenvalue weighted by atomic mass is 10.1. The van der Waals surface area contributed by atoms with Gasteiger partial charge in [0.25, 0.3) is 0 Å². The van der Waals surface area contributed by atoms with Crippen molar-refractivity contribution in [2.24, 2.45) is 0 Å². The monoisotopic (exact) mass is 312 g/mol. The van der Waals surface area contributed by atoms with Crippen LogP contribution in [0.15, 0.2) is 18.2 Å². The summed E-state index contributed by atoms with van der Waals surface area (Å²) in [4.78, 5) is 4.67. The molecule has 0 spiro atoms. The van der Waals surface area contributed by atoms with Crippen molar-refractivity contribution in [3.05, 3.63) is 28.8 Å². The Bertz CT molecular complexity index is 368. The summed E-state index contributed by atoms with van der Waals surface area (Å²) in [7, 11) is 2.14. The first kappa shape index (κ1) is 17.8. The Hall–Kier alpha value is -0.190. The van der Waals surface area contributed by atoms with Crippen molar-refractivity contribution < 1.29 is 5.11 Å². The Balaban J connectivity index is 0.00000144. The highest BCUT2D eigenvalue weighted by Gasteiger charge is 2.15. The lowest BCUT2D eigenvalue weighted by Gasteiger charge is -2.32. The quantitative estimate of drug-likeness (QED) is 0.909. The van der Waals surface area contributed by atoms with Crippen molar-refractivity contribution in [1.82, 2.24) is 9.80 Å². The molecule has 0 aromatic heterocycles. The second-order valence-electron chi connectivity index (χ2n) is 4.35. The largest absolute Gasteiger partial charge is 0.508 e. The van der Waals surface area contributed by atoms with Gasteiger partial charge in [-0.05, 0) is 19.2 Å². The molecule has 1 N–H and O–H groups in total. The average Bonchev–Trinajstić information content (AvgIpc) is 2.25. The van der Waals surface area contributed by atoms with Gasteiger partial charge < -0.3 is 10.0 Å². The van der Waals surface area contributed by atoms with Gasteiger partial charge in [0, 0.05) is 43.3 Å². The first-order valence-electron chi connectivity index (χ1n) is 5.53. The highest BCUT2D eigenvalue weighted by atomic mass is 35.5. The molecule has 6 heteroatoms. The van der Waals surface area contributed by atoms with Crippen LogP contribution in [0.25, 0.3) is 0 Å². The van der Waals surface area contributed by atoms with E-state index in [1.807, 2.05) is 12.1 Å². The summed E-state index contributed by atoms with van der Waals surface area (Å²) < 4.78 is 0. The van der Waals surface area contributed by atoms with Gasteiger partial charge in [0.1, 0.15) is 5.75 Å². The minimum Gasteiger partial charge on any atom is -0.508 e. The molecule has 0 aliphatic carbocycles. The molecule has 1 fully saturated rings.